The van der Waals surface area contributed by atoms with Crippen molar-refractivity contribution in [2.24, 2.45) is 0 Å². The summed E-state index contributed by atoms with van der Waals surface area (Å²) in [4.78, 5) is 3.98. The molecule has 2 N–H and O–H groups in total. The van der Waals surface area contributed by atoms with Gasteiger partial charge in [0, 0.05) is 6.20 Å². The second-order valence-corrected chi connectivity index (χ2v) is 3.50. The first-order chi connectivity index (χ1) is 6.67. The van der Waals surface area contributed by atoms with E-state index >= 15 is 0 Å². The second kappa shape index (κ2) is 5.20. The molecule has 0 aromatic carbocycles. The van der Waals surface area contributed by atoms with E-state index in [1.165, 1.54) is 6.20 Å². The Balaban J connectivity index is 2.80. The van der Waals surface area contributed by atoms with Crippen molar-refractivity contribution in [3.63, 3.8) is 0 Å². The van der Waals surface area contributed by atoms with Crippen molar-refractivity contribution in [1.82, 2.24) is 4.98 Å². The number of nitrogens with zero attached hydrogens (tertiary/aromatic N) is 1. The normalized spacial score (nSPS) is 12.2. The van der Waals surface area contributed by atoms with Gasteiger partial charge in [-0.15, -0.1) is 6.58 Å². The van der Waals surface area contributed by atoms with E-state index in [0.717, 1.165) is 0 Å². The van der Waals surface area contributed by atoms with Gasteiger partial charge in [0.2, 0.25) is 0 Å². The lowest BCUT2D eigenvalue weighted by atomic mass is 10.3. The number of anilines is 1. The molecule has 1 aromatic rings. The number of hydrogen-bond donors (Lipinski definition) is 2. The number of aliphatic hydroxyl groups is 1. The van der Waals surface area contributed by atoms with Crippen LogP contribution >= 0.6 is 23.2 Å². The van der Waals surface area contributed by atoms with Gasteiger partial charge >= 0.3 is 0 Å². The molecule has 1 aromatic heterocycles. The molecular formula is C9H10Cl2N2O. The standard InChI is InChI=1S/C9H10Cl2N2O/c1-2-7(5-14)13-9-8(11)3-6(10)4-12-9/h2-4,7,14H,1,5H2,(H,12,13). The number of halogens is 2. The van der Waals surface area contributed by atoms with Crippen LogP contribution < -0.4 is 5.32 Å². The first-order valence-electron chi connectivity index (χ1n) is 3.98. The lowest BCUT2D eigenvalue weighted by Crippen LogP contribution is -2.21. The third-order valence-corrected chi connectivity index (χ3v) is 2.11. The predicted molar refractivity (Wildman–Crippen MR) is 59.0 cm³/mol. The van der Waals surface area contributed by atoms with Crippen LogP contribution in [0.4, 0.5) is 5.82 Å². The molecule has 3 nitrogen and oxygen atoms in total. The van der Waals surface area contributed by atoms with Crippen LogP contribution in [0, 0.1) is 0 Å². The number of rotatable bonds is 4. The number of pyridine rings is 1. The highest BCUT2D eigenvalue weighted by molar-refractivity contribution is 6.35. The smallest absolute Gasteiger partial charge is 0.145 e. The number of aromatic nitrogens is 1. The average molecular weight is 233 g/mol. The largest absolute Gasteiger partial charge is 0.394 e. The van der Waals surface area contributed by atoms with E-state index in [-0.39, 0.29) is 12.6 Å². The molecule has 0 aliphatic heterocycles. The monoisotopic (exact) mass is 232 g/mol. The molecular weight excluding hydrogens is 223 g/mol. The highest BCUT2D eigenvalue weighted by Gasteiger charge is 2.06. The van der Waals surface area contributed by atoms with E-state index in [1.807, 2.05) is 0 Å². The van der Waals surface area contributed by atoms with Crippen LogP contribution in [0.25, 0.3) is 0 Å². The minimum atomic E-state index is -0.263. The fourth-order valence-electron chi connectivity index (χ4n) is 0.875. The van der Waals surface area contributed by atoms with E-state index in [0.29, 0.717) is 15.9 Å². The summed E-state index contributed by atoms with van der Waals surface area (Å²) in [7, 11) is 0. The Bertz CT molecular complexity index is 331. The SMILES string of the molecule is C=CC(CO)Nc1ncc(Cl)cc1Cl. The van der Waals surface area contributed by atoms with Crippen molar-refractivity contribution in [2.75, 3.05) is 11.9 Å². The van der Waals surface area contributed by atoms with Crippen molar-refractivity contribution in [1.29, 1.82) is 0 Å². The molecule has 0 spiro atoms. The van der Waals surface area contributed by atoms with Crippen LogP contribution in [0.15, 0.2) is 24.9 Å². The molecule has 1 heterocycles. The Morgan fingerprint density at radius 1 is 1.64 bits per heavy atom. The van der Waals surface area contributed by atoms with Crippen LogP contribution in [0.1, 0.15) is 0 Å². The van der Waals surface area contributed by atoms with Gasteiger partial charge in [0.1, 0.15) is 5.82 Å². The lowest BCUT2D eigenvalue weighted by molar-refractivity contribution is 0.290. The molecule has 0 aliphatic carbocycles. The Morgan fingerprint density at radius 2 is 2.36 bits per heavy atom. The summed E-state index contributed by atoms with van der Waals surface area (Å²) in [5.41, 5.74) is 0. The van der Waals surface area contributed by atoms with Crippen LogP contribution in [0.3, 0.4) is 0 Å². The Labute approximate surface area is 92.4 Å². The predicted octanol–water partition coefficient (Wildman–Crippen LogP) is 2.35. The third kappa shape index (κ3) is 2.87. The Kier molecular flexibility index (Phi) is 4.20. The molecule has 0 amide bonds. The van der Waals surface area contributed by atoms with Gasteiger partial charge < -0.3 is 10.4 Å². The zero-order chi connectivity index (χ0) is 10.6. The number of nitrogens with one attached hydrogen (secondary N) is 1. The molecule has 0 fully saturated rings. The summed E-state index contributed by atoms with van der Waals surface area (Å²) in [5.74, 6) is 0.481. The number of hydrogen-bond acceptors (Lipinski definition) is 3. The highest BCUT2D eigenvalue weighted by Crippen LogP contribution is 2.22. The third-order valence-electron chi connectivity index (χ3n) is 1.61. The summed E-state index contributed by atoms with van der Waals surface area (Å²) < 4.78 is 0. The fraction of sp³-hybridized carbons (Fsp3) is 0.222. The molecule has 0 saturated heterocycles. The van der Waals surface area contributed by atoms with Crippen molar-refractivity contribution in [3.8, 4) is 0 Å². The van der Waals surface area contributed by atoms with Crippen LogP contribution in [0.2, 0.25) is 10.0 Å². The molecule has 14 heavy (non-hydrogen) atoms. The fourth-order valence-corrected chi connectivity index (χ4v) is 1.31. The average Bonchev–Trinajstić information content (AvgIpc) is 2.17. The van der Waals surface area contributed by atoms with Crippen molar-refractivity contribution in [2.45, 2.75) is 6.04 Å². The van der Waals surface area contributed by atoms with Crippen LogP contribution in [-0.2, 0) is 0 Å². The molecule has 5 heteroatoms. The Hall–Kier alpha value is -0.770. The Morgan fingerprint density at radius 3 is 2.86 bits per heavy atom. The van der Waals surface area contributed by atoms with E-state index in [2.05, 4.69) is 16.9 Å². The molecule has 0 aliphatic rings. The highest BCUT2D eigenvalue weighted by atomic mass is 35.5. The van der Waals surface area contributed by atoms with Gasteiger partial charge in [-0.05, 0) is 6.07 Å². The summed E-state index contributed by atoms with van der Waals surface area (Å²) >= 11 is 11.5. The van der Waals surface area contributed by atoms with Crippen molar-refractivity contribution in [3.05, 3.63) is 35.0 Å². The molecule has 1 rings (SSSR count). The maximum absolute atomic E-state index is 8.90. The zero-order valence-corrected chi connectivity index (χ0v) is 8.89. The van der Waals surface area contributed by atoms with Crippen molar-refractivity contribution >= 4 is 29.0 Å². The molecule has 1 unspecified atom stereocenters. The lowest BCUT2D eigenvalue weighted by Gasteiger charge is -2.13. The van der Waals surface area contributed by atoms with Gasteiger partial charge in [-0.3, -0.25) is 0 Å². The van der Waals surface area contributed by atoms with Crippen LogP contribution in [-0.4, -0.2) is 22.7 Å². The van der Waals surface area contributed by atoms with Gasteiger partial charge in [0.05, 0.1) is 22.7 Å². The van der Waals surface area contributed by atoms with E-state index in [1.54, 1.807) is 12.1 Å². The van der Waals surface area contributed by atoms with E-state index in [4.69, 9.17) is 28.3 Å². The molecule has 0 radical (unpaired) electrons. The second-order valence-electron chi connectivity index (χ2n) is 2.65. The maximum Gasteiger partial charge on any atom is 0.145 e. The zero-order valence-electron chi connectivity index (χ0n) is 7.37. The van der Waals surface area contributed by atoms with Gasteiger partial charge in [-0.2, -0.15) is 0 Å². The van der Waals surface area contributed by atoms with Crippen LogP contribution in [0.5, 0.6) is 0 Å². The molecule has 76 valence electrons. The summed E-state index contributed by atoms with van der Waals surface area (Å²) in [5, 5.41) is 12.7. The van der Waals surface area contributed by atoms with E-state index < -0.39 is 0 Å². The summed E-state index contributed by atoms with van der Waals surface area (Å²) in [6.45, 7) is 3.49. The van der Waals surface area contributed by atoms with Gasteiger partial charge in [-0.1, -0.05) is 29.3 Å². The minimum absolute atomic E-state index is 0.0653. The van der Waals surface area contributed by atoms with Gasteiger partial charge in [-0.25, -0.2) is 4.98 Å². The van der Waals surface area contributed by atoms with E-state index in [9.17, 15) is 0 Å². The molecule has 0 saturated carbocycles. The van der Waals surface area contributed by atoms with Crippen molar-refractivity contribution < 1.29 is 5.11 Å². The van der Waals surface area contributed by atoms with Gasteiger partial charge in [0.15, 0.2) is 0 Å². The maximum atomic E-state index is 8.90. The summed E-state index contributed by atoms with van der Waals surface area (Å²) in [6, 6.07) is 1.32. The molecule has 0 bridgehead atoms. The molecule has 1 atom stereocenters. The number of aliphatic hydroxyl groups excluding tert-OH is 1. The van der Waals surface area contributed by atoms with Gasteiger partial charge in [0.25, 0.3) is 0 Å². The topological polar surface area (TPSA) is 45.1 Å². The minimum Gasteiger partial charge on any atom is -0.394 e. The quantitative estimate of drug-likeness (QED) is 0.784. The first kappa shape index (κ1) is 11.3. The summed E-state index contributed by atoms with van der Waals surface area (Å²) in [6.07, 6.45) is 3.06. The first-order valence-corrected chi connectivity index (χ1v) is 4.74.